The van der Waals surface area contributed by atoms with Gasteiger partial charge in [0, 0.05) is 11.8 Å². The molecule has 0 saturated carbocycles. The van der Waals surface area contributed by atoms with Gasteiger partial charge in [-0.1, -0.05) is 68.9 Å². The molecule has 0 bridgehead atoms. The normalized spacial score (nSPS) is 11.5. The fraction of sp³-hybridized carbons (Fsp3) is 0.259. The summed E-state index contributed by atoms with van der Waals surface area (Å²) in [6, 6.07) is 21.5. The second-order valence-corrected chi connectivity index (χ2v) is 9.77. The molecule has 5 nitrogen and oxygen atoms in total. The van der Waals surface area contributed by atoms with E-state index in [1.165, 1.54) is 11.1 Å². The molecule has 33 heavy (non-hydrogen) atoms. The molecule has 4 aromatic rings. The molecule has 0 amide bonds. The van der Waals surface area contributed by atoms with Gasteiger partial charge in [0.15, 0.2) is 16.7 Å². The second-order valence-electron chi connectivity index (χ2n) is 8.83. The van der Waals surface area contributed by atoms with Crippen LogP contribution in [0, 0.1) is 0 Å². The number of fused-ring (bicyclic) bond motifs is 1. The summed E-state index contributed by atoms with van der Waals surface area (Å²) in [5.41, 5.74) is 3.83. The van der Waals surface area contributed by atoms with E-state index < -0.39 is 0 Å². The van der Waals surface area contributed by atoms with E-state index in [0.29, 0.717) is 39.0 Å². The number of nitrogens with zero attached hydrogens (tertiary/aromatic N) is 2. The Labute approximate surface area is 198 Å². The summed E-state index contributed by atoms with van der Waals surface area (Å²) >= 11 is 1.54. The van der Waals surface area contributed by atoms with Crippen LogP contribution in [0.3, 0.4) is 0 Å². The van der Waals surface area contributed by atoms with Crippen LogP contribution in [0.4, 0.5) is 0 Å². The van der Waals surface area contributed by atoms with E-state index in [2.05, 4.69) is 45.0 Å². The van der Waals surface area contributed by atoms with Crippen LogP contribution >= 0.6 is 11.8 Å². The summed E-state index contributed by atoms with van der Waals surface area (Å²) in [6.07, 6.45) is 0. The molecular weight excluding hydrogens is 432 g/mol. The lowest BCUT2D eigenvalue weighted by Gasteiger charge is -2.19. The number of aromatic nitrogens is 2. The molecule has 0 aliphatic carbocycles. The van der Waals surface area contributed by atoms with Gasteiger partial charge in [-0.05, 0) is 40.8 Å². The highest BCUT2D eigenvalue weighted by atomic mass is 32.2. The summed E-state index contributed by atoms with van der Waals surface area (Å²) in [6.45, 7) is 6.62. The van der Waals surface area contributed by atoms with Crippen LogP contribution in [0.15, 0.2) is 76.7 Å². The maximum absolute atomic E-state index is 13.5. The molecule has 1 heterocycles. The molecule has 0 spiro atoms. The van der Waals surface area contributed by atoms with Gasteiger partial charge in [-0.25, -0.2) is 4.98 Å². The van der Waals surface area contributed by atoms with E-state index in [1.807, 2.05) is 30.3 Å². The van der Waals surface area contributed by atoms with Crippen LogP contribution in [-0.4, -0.2) is 23.8 Å². The zero-order valence-electron chi connectivity index (χ0n) is 19.6. The molecule has 6 heteroatoms. The van der Waals surface area contributed by atoms with Crippen LogP contribution in [0.5, 0.6) is 11.5 Å². The maximum Gasteiger partial charge on any atom is 0.266 e. The smallest absolute Gasteiger partial charge is 0.266 e. The lowest BCUT2D eigenvalue weighted by atomic mass is 9.87. The standard InChI is InChI=1S/C27H28N2O3S/c1-27(2,3)19-12-10-18(11-13-19)17-33-26-28-22-9-7-6-8-21(22)25(30)29(26)20-14-15-23(31-4)24(16-20)32-5/h6-16H,17H2,1-5H3. The highest BCUT2D eigenvalue weighted by Crippen LogP contribution is 2.31. The van der Waals surface area contributed by atoms with E-state index in [0.717, 1.165) is 0 Å². The molecule has 1 aromatic heterocycles. The molecule has 0 aliphatic heterocycles. The molecule has 0 unspecified atom stereocenters. The van der Waals surface area contributed by atoms with E-state index in [1.54, 1.807) is 42.7 Å². The highest BCUT2D eigenvalue weighted by Gasteiger charge is 2.16. The summed E-state index contributed by atoms with van der Waals surface area (Å²) in [7, 11) is 3.17. The van der Waals surface area contributed by atoms with Gasteiger partial charge in [-0.2, -0.15) is 0 Å². The molecule has 0 radical (unpaired) electrons. The number of hydrogen-bond acceptors (Lipinski definition) is 5. The van der Waals surface area contributed by atoms with E-state index in [9.17, 15) is 4.79 Å². The second kappa shape index (κ2) is 9.32. The van der Waals surface area contributed by atoms with Crippen molar-refractivity contribution in [2.24, 2.45) is 0 Å². The van der Waals surface area contributed by atoms with E-state index >= 15 is 0 Å². The largest absolute Gasteiger partial charge is 0.493 e. The number of para-hydroxylation sites is 1. The van der Waals surface area contributed by atoms with Crippen molar-refractivity contribution in [1.82, 2.24) is 9.55 Å². The zero-order chi connectivity index (χ0) is 23.6. The van der Waals surface area contributed by atoms with Gasteiger partial charge in [0.25, 0.3) is 5.56 Å². The molecule has 0 aliphatic rings. The minimum absolute atomic E-state index is 0.111. The third-order valence-electron chi connectivity index (χ3n) is 5.56. The highest BCUT2D eigenvalue weighted by molar-refractivity contribution is 7.98. The Kier molecular flexibility index (Phi) is 6.47. The first-order valence-electron chi connectivity index (χ1n) is 10.8. The van der Waals surface area contributed by atoms with Crippen molar-refractivity contribution in [3.05, 3.63) is 88.2 Å². The topological polar surface area (TPSA) is 53.4 Å². The van der Waals surface area contributed by atoms with Crippen molar-refractivity contribution in [3.63, 3.8) is 0 Å². The lowest BCUT2D eigenvalue weighted by Crippen LogP contribution is -2.21. The average Bonchev–Trinajstić information content (AvgIpc) is 2.82. The zero-order valence-corrected chi connectivity index (χ0v) is 20.4. The summed E-state index contributed by atoms with van der Waals surface area (Å²) in [5, 5.41) is 1.21. The third-order valence-corrected chi connectivity index (χ3v) is 6.57. The molecular formula is C27H28N2O3S. The van der Waals surface area contributed by atoms with Crippen molar-refractivity contribution in [2.45, 2.75) is 37.1 Å². The lowest BCUT2D eigenvalue weighted by molar-refractivity contribution is 0.354. The minimum atomic E-state index is -0.113. The first-order chi connectivity index (χ1) is 15.8. The molecule has 0 fully saturated rings. The van der Waals surface area contributed by atoms with Gasteiger partial charge in [0.05, 0.1) is 30.8 Å². The molecule has 4 rings (SSSR count). The SMILES string of the molecule is COc1ccc(-n2c(SCc3ccc(C(C)(C)C)cc3)nc3ccccc3c2=O)cc1OC. The predicted molar refractivity (Wildman–Crippen MR) is 135 cm³/mol. The Hall–Kier alpha value is -3.25. The molecule has 0 atom stereocenters. The van der Waals surface area contributed by atoms with E-state index in [4.69, 9.17) is 14.5 Å². The Bertz CT molecular complexity index is 1340. The van der Waals surface area contributed by atoms with Crippen molar-refractivity contribution >= 4 is 22.7 Å². The van der Waals surface area contributed by atoms with Crippen LogP contribution in [0.25, 0.3) is 16.6 Å². The van der Waals surface area contributed by atoms with Crippen LogP contribution < -0.4 is 15.0 Å². The maximum atomic E-state index is 13.5. The molecule has 0 saturated heterocycles. The number of hydrogen-bond donors (Lipinski definition) is 0. The summed E-state index contributed by atoms with van der Waals surface area (Å²) < 4.78 is 12.5. The van der Waals surface area contributed by atoms with Crippen molar-refractivity contribution in [1.29, 1.82) is 0 Å². The van der Waals surface area contributed by atoms with Gasteiger partial charge in [-0.3, -0.25) is 9.36 Å². The summed E-state index contributed by atoms with van der Waals surface area (Å²) in [5.74, 6) is 1.86. The van der Waals surface area contributed by atoms with Crippen LogP contribution in [0.2, 0.25) is 0 Å². The molecule has 170 valence electrons. The average molecular weight is 461 g/mol. The predicted octanol–water partition coefficient (Wildman–Crippen LogP) is 5.99. The Morgan fingerprint density at radius 2 is 1.61 bits per heavy atom. The van der Waals surface area contributed by atoms with Gasteiger partial charge in [-0.15, -0.1) is 0 Å². The Morgan fingerprint density at radius 1 is 0.909 bits per heavy atom. The quantitative estimate of drug-likeness (QED) is 0.261. The van der Waals surface area contributed by atoms with Crippen molar-refractivity contribution in [3.8, 4) is 17.2 Å². The Morgan fingerprint density at radius 3 is 2.27 bits per heavy atom. The van der Waals surface area contributed by atoms with Crippen LogP contribution in [-0.2, 0) is 11.2 Å². The van der Waals surface area contributed by atoms with Crippen LogP contribution in [0.1, 0.15) is 31.9 Å². The summed E-state index contributed by atoms with van der Waals surface area (Å²) in [4.78, 5) is 18.3. The van der Waals surface area contributed by atoms with Gasteiger partial charge < -0.3 is 9.47 Å². The first-order valence-corrected chi connectivity index (χ1v) is 11.8. The van der Waals surface area contributed by atoms with Gasteiger partial charge >= 0.3 is 0 Å². The number of methoxy groups -OCH3 is 2. The van der Waals surface area contributed by atoms with Crippen molar-refractivity contribution < 1.29 is 9.47 Å². The van der Waals surface area contributed by atoms with Gasteiger partial charge in [0.1, 0.15) is 0 Å². The first kappa shape index (κ1) is 22.9. The van der Waals surface area contributed by atoms with Gasteiger partial charge in [0.2, 0.25) is 0 Å². The van der Waals surface area contributed by atoms with Crippen molar-refractivity contribution in [2.75, 3.05) is 14.2 Å². The molecule has 3 aromatic carbocycles. The minimum Gasteiger partial charge on any atom is -0.493 e. The fourth-order valence-electron chi connectivity index (χ4n) is 3.65. The Balaban J connectivity index is 1.77. The monoisotopic (exact) mass is 460 g/mol. The third kappa shape index (κ3) is 4.76. The number of benzene rings is 3. The number of rotatable bonds is 6. The molecule has 0 N–H and O–H groups in total. The fourth-order valence-corrected chi connectivity index (χ4v) is 4.62. The van der Waals surface area contributed by atoms with E-state index in [-0.39, 0.29) is 11.0 Å². The number of ether oxygens (including phenoxy) is 2. The number of thioether (sulfide) groups is 1.